The van der Waals surface area contributed by atoms with E-state index >= 15 is 0 Å². The third-order valence-electron chi connectivity index (χ3n) is 3.60. The zero-order valence-corrected chi connectivity index (χ0v) is 12.8. The van der Waals surface area contributed by atoms with Crippen molar-refractivity contribution < 1.29 is 0 Å². The van der Waals surface area contributed by atoms with Crippen molar-refractivity contribution in [2.24, 2.45) is 10.7 Å². The molecular formula is C18H23N3. The van der Waals surface area contributed by atoms with Crippen molar-refractivity contribution in [2.75, 3.05) is 14.1 Å². The fraction of sp³-hybridized carbons (Fsp3) is 0.278. The molecule has 2 aromatic carbocycles. The maximum absolute atomic E-state index is 5.79. The summed E-state index contributed by atoms with van der Waals surface area (Å²) in [6.45, 7) is 0.919. The van der Waals surface area contributed by atoms with Gasteiger partial charge in [-0.05, 0) is 36.6 Å². The third kappa shape index (κ3) is 4.43. The Morgan fingerprint density at radius 2 is 1.38 bits per heavy atom. The number of aryl methyl sites for hydroxylation is 2. The molecule has 0 atom stereocenters. The molecule has 0 saturated heterocycles. The van der Waals surface area contributed by atoms with Gasteiger partial charge in [0.1, 0.15) is 5.84 Å². The quantitative estimate of drug-likeness (QED) is 0.631. The van der Waals surface area contributed by atoms with E-state index in [1.54, 1.807) is 7.05 Å². The van der Waals surface area contributed by atoms with Crippen LogP contribution < -0.4 is 11.1 Å². The summed E-state index contributed by atoms with van der Waals surface area (Å²) < 4.78 is 0. The first kappa shape index (κ1) is 15.3. The van der Waals surface area contributed by atoms with E-state index in [1.165, 1.54) is 16.7 Å². The predicted molar refractivity (Wildman–Crippen MR) is 89.7 cm³/mol. The van der Waals surface area contributed by atoms with Gasteiger partial charge in [0.2, 0.25) is 0 Å². The Morgan fingerprint density at radius 1 is 0.905 bits per heavy atom. The van der Waals surface area contributed by atoms with Gasteiger partial charge in [-0.2, -0.15) is 0 Å². The van der Waals surface area contributed by atoms with Crippen molar-refractivity contribution in [3.8, 4) is 0 Å². The molecule has 0 aliphatic rings. The van der Waals surface area contributed by atoms with Crippen LogP contribution >= 0.6 is 0 Å². The van der Waals surface area contributed by atoms with Gasteiger partial charge in [-0.3, -0.25) is 4.99 Å². The van der Waals surface area contributed by atoms with Crippen molar-refractivity contribution in [1.82, 2.24) is 5.32 Å². The fourth-order valence-electron chi connectivity index (χ4n) is 2.29. The van der Waals surface area contributed by atoms with Crippen LogP contribution in [0.2, 0.25) is 0 Å². The van der Waals surface area contributed by atoms with E-state index in [0.717, 1.165) is 24.9 Å². The first-order valence-corrected chi connectivity index (χ1v) is 7.27. The minimum atomic E-state index is 0.585. The van der Waals surface area contributed by atoms with E-state index in [2.05, 4.69) is 46.7 Å². The van der Waals surface area contributed by atoms with Crippen LogP contribution in [0.3, 0.4) is 0 Å². The second kappa shape index (κ2) is 7.60. The molecule has 0 saturated carbocycles. The number of nitrogens with two attached hydrogens (primary N) is 1. The highest BCUT2D eigenvalue weighted by atomic mass is 14.8. The molecule has 0 spiro atoms. The van der Waals surface area contributed by atoms with E-state index in [-0.39, 0.29) is 0 Å². The molecule has 0 aliphatic heterocycles. The second-order valence-corrected chi connectivity index (χ2v) is 5.15. The summed E-state index contributed by atoms with van der Waals surface area (Å²) in [5, 5.41) is 3.16. The molecule has 110 valence electrons. The normalized spacial score (nSPS) is 11.6. The Hall–Kier alpha value is -2.13. The average molecular weight is 281 g/mol. The summed E-state index contributed by atoms with van der Waals surface area (Å²) in [6.07, 6.45) is 2.09. The SMILES string of the molecule is CN=C(N)c1ccc(CCc2ccc(CNC)cc2)cc1. The Kier molecular flexibility index (Phi) is 5.52. The Bertz CT molecular complexity index is 583. The minimum absolute atomic E-state index is 0.585. The van der Waals surface area contributed by atoms with Crippen molar-refractivity contribution in [1.29, 1.82) is 0 Å². The lowest BCUT2D eigenvalue weighted by molar-refractivity contribution is 0.816. The first-order valence-electron chi connectivity index (χ1n) is 7.27. The molecule has 3 heteroatoms. The van der Waals surface area contributed by atoms with Crippen molar-refractivity contribution >= 4 is 5.84 Å². The van der Waals surface area contributed by atoms with E-state index in [1.807, 2.05) is 19.2 Å². The van der Waals surface area contributed by atoms with Crippen LogP contribution in [0.5, 0.6) is 0 Å². The van der Waals surface area contributed by atoms with Gasteiger partial charge in [0.25, 0.3) is 0 Å². The zero-order valence-electron chi connectivity index (χ0n) is 12.8. The molecule has 2 aromatic rings. The molecule has 0 radical (unpaired) electrons. The number of benzene rings is 2. The van der Waals surface area contributed by atoms with Gasteiger partial charge >= 0.3 is 0 Å². The summed E-state index contributed by atoms with van der Waals surface area (Å²) >= 11 is 0. The molecular weight excluding hydrogens is 258 g/mol. The molecule has 0 bridgehead atoms. The topological polar surface area (TPSA) is 50.4 Å². The number of hydrogen-bond acceptors (Lipinski definition) is 2. The molecule has 0 amide bonds. The molecule has 0 unspecified atom stereocenters. The van der Waals surface area contributed by atoms with Crippen LogP contribution in [0.15, 0.2) is 53.5 Å². The highest BCUT2D eigenvalue weighted by Gasteiger charge is 2.00. The third-order valence-corrected chi connectivity index (χ3v) is 3.60. The molecule has 0 heterocycles. The highest BCUT2D eigenvalue weighted by Crippen LogP contribution is 2.10. The van der Waals surface area contributed by atoms with Crippen molar-refractivity contribution in [3.63, 3.8) is 0 Å². The molecule has 2 rings (SSSR count). The molecule has 21 heavy (non-hydrogen) atoms. The molecule has 3 nitrogen and oxygen atoms in total. The van der Waals surface area contributed by atoms with Gasteiger partial charge in [-0.15, -0.1) is 0 Å². The van der Waals surface area contributed by atoms with Gasteiger partial charge in [-0.1, -0.05) is 48.5 Å². The summed E-state index contributed by atoms with van der Waals surface area (Å²) in [7, 11) is 3.68. The highest BCUT2D eigenvalue weighted by molar-refractivity contribution is 5.97. The van der Waals surface area contributed by atoms with E-state index in [9.17, 15) is 0 Å². The number of rotatable bonds is 6. The van der Waals surface area contributed by atoms with Crippen LogP contribution in [0.4, 0.5) is 0 Å². The van der Waals surface area contributed by atoms with Crippen molar-refractivity contribution in [2.45, 2.75) is 19.4 Å². The number of aliphatic imine (C=N–C) groups is 1. The van der Waals surface area contributed by atoms with Gasteiger partial charge in [0, 0.05) is 19.2 Å². The smallest absolute Gasteiger partial charge is 0.125 e. The van der Waals surface area contributed by atoms with Gasteiger partial charge in [0.05, 0.1) is 0 Å². The summed E-state index contributed by atoms with van der Waals surface area (Å²) in [4.78, 5) is 3.99. The fourth-order valence-corrected chi connectivity index (χ4v) is 2.29. The zero-order chi connectivity index (χ0) is 15.1. The summed E-state index contributed by atoms with van der Waals surface area (Å²) in [5.41, 5.74) is 10.8. The number of nitrogens with one attached hydrogen (secondary N) is 1. The lowest BCUT2D eigenvalue weighted by Gasteiger charge is -2.06. The Balaban J connectivity index is 1.93. The average Bonchev–Trinajstić information content (AvgIpc) is 2.54. The lowest BCUT2D eigenvalue weighted by Crippen LogP contribution is -2.12. The van der Waals surface area contributed by atoms with Crippen LogP contribution in [-0.4, -0.2) is 19.9 Å². The van der Waals surface area contributed by atoms with Gasteiger partial charge in [-0.25, -0.2) is 0 Å². The first-order chi connectivity index (χ1) is 10.2. The van der Waals surface area contributed by atoms with Crippen molar-refractivity contribution in [3.05, 3.63) is 70.8 Å². The Morgan fingerprint density at radius 3 is 1.86 bits per heavy atom. The Labute approximate surface area is 126 Å². The standard InChI is InChI=1S/C18H23N3/c1-20-13-16-7-5-14(6-8-16)3-4-15-9-11-17(12-10-15)18(19)21-2/h5-12,20H,3-4,13H2,1-2H3,(H2,19,21). The van der Waals surface area contributed by atoms with E-state index < -0.39 is 0 Å². The number of nitrogens with zero attached hydrogens (tertiary/aromatic N) is 1. The van der Waals surface area contributed by atoms with Gasteiger partial charge in [0.15, 0.2) is 0 Å². The predicted octanol–water partition coefficient (Wildman–Crippen LogP) is 2.53. The minimum Gasteiger partial charge on any atom is -0.384 e. The molecule has 0 fully saturated rings. The summed E-state index contributed by atoms with van der Waals surface area (Å²) in [5.74, 6) is 0.585. The summed E-state index contributed by atoms with van der Waals surface area (Å²) in [6, 6.07) is 17.1. The van der Waals surface area contributed by atoms with Crippen LogP contribution in [0.25, 0.3) is 0 Å². The molecule has 0 aliphatic carbocycles. The van der Waals surface area contributed by atoms with Crippen LogP contribution in [0.1, 0.15) is 22.3 Å². The number of amidine groups is 1. The lowest BCUT2D eigenvalue weighted by atomic mass is 10.0. The molecule has 0 aromatic heterocycles. The van der Waals surface area contributed by atoms with Crippen LogP contribution in [-0.2, 0) is 19.4 Å². The van der Waals surface area contributed by atoms with Crippen LogP contribution in [0, 0.1) is 0 Å². The largest absolute Gasteiger partial charge is 0.384 e. The number of hydrogen-bond donors (Lipinski definition) is 2. The van der Waals surface area contributed by atoms with Gasteiger partial charge < -0.3 is 11.1 Å². The maximum atomic E-state index is 5.79. The molecule has 3 N–H and O–H groups in total. The van der Waals surface area contributed by atoms with E-state index in [0.29, 0.717) is 5.84 Å². The second-order valence-electron chi connectivity index (χ2n) is 5.15. The van der Waals surface area contributed by atoms with E-state index in [4.69, 9.17) is 5.73 Å². The maximum Gasteiger partial charge on any atom is 0.125 e. The monoisotopic (exact) mass is 281 g/mol.